The Morgan fingerprint density at radius 1 is 0.432 bits per heavy atom. The normalized spacial score (nSPS) is 23.5. The first-order valence-corrected chi connectivity index (χ1v) is 28.5. The van der Waals surface area contributed by atoms with Crippen LogP contribution in [0, 0.1) is 23.7 Å². The molecule has 2 nitrogen and oxygen atoms in total. The number of rotatable bonds is 4. The molecule has 11 aromatic rings. The highest BCUT2D eigenvalue weighted by Gasteiger charge is 2.55. The molecule has 8 aliphatic rings. The smallest absolute Gasteiger partial charge is 0.252 e. The van der Waals surface area contributed by atoms with Crippen LogP contribution in [0.1, 0.15) is 109 Å². The summed E-state index contributed by atoms with van der Waals surface area (Å²) in [6.45, 7) is 0.0426. The number of hydrogen-bond acceptors (Lipinski definition) is 0. The molecule has 19 rings (SSSR count). The van der Waals surface area contributed by atoms with Gasteiger partial charge in [0.05, 0.1) is 22.1 Å². The van der Waals surface area contributed by atoms with Crippen LogP contribution < -0.4 is 16.4 Å². The molecule has 0 N–H and O–H groups in total. The number of benzene rings is 9. The zero-order valence-corrected chi connectivity index (χ0v) is 41.8. The summed E-state index contributed by atoms with van der Waals surface area (Å²) in [5, 5.41) is 7.01. The van der Waals surface area contributed by atoms with Crippen molar-refractivity contribution in [3.63, 3.8) is 0 Å². The Hall–Kier alpha value is -7.36. The minimum atomic E-state index is -0.494. The Bertz CT molecular complexity index is 4250. The summed E-state index contributed by atoms with van der Waals surface area (Å²) >= 11 is 0. The quantitative estimate of drug-likeness (QED) is 0.156. The van der Waals surface area contributed by atoms with Gasteiger partial charge in [-0.1, -0.05) is 196 Å². The highest BCUT2D eigenvalue weighted by molar-refractivity contribution is 7.00. The molecule has 1 spiro atoms. The van der Waals surface area contributed by atoms with Gasteiger partial charge in [-0.15, -0.1) is 0 Å². The number of aromatic nitrogens is 2. The molecule has 74 heavy (non-hydrogen) atoms. The van der Waals surface area contributed by atoms with Crippen LogP contribution in [0.4, 0.5) is 0 Å². The van der Waals surface area contributed by atoms with Gasteiger partial charge in [0.25, 0.3) is 6.71 Å². The molecule has 4 fully saturated rings. The molecule has 0 amide bonds. The Balaban J connectivity index is 1.02. The lowest BCUT2D eigenvalue weighted by molar-refractivity contribution is 0.457. The third-order valence-electron chi connectivity index (χ3n) is 21.4. The van der Waals surface area contributed by atoms with Gasteiger partial charge in [-0.3, -0.25) is 0 Å². The van der Waals surface area contributed by atoms with E-state index in [4.69, 9.17) is 0 Å². The third kappa shape index (κ3) is 4.76. The minimum Gasteiger partial charge on any atom is -0.310 e. The van der Waals surface area contributed by atoms with Crippen molar-refractivity contribution in [2.75, 3.05) is 0 Å². The van der Waals surface area contributed by atoms with Crippen molar-refractivity contribution in [3.05, 3.63) is 209 Å². The molecule has 3 heteroatoms. The van der Waals surface area contributed by atoms with Crippen LogP contribution in [0.15, 0.2) is 176 Å². The van der Waals surface area contributed by atoms with Gasteiger partial charge in [-0.05, 0) is 162 Å². The predicted octanol–water partition coefficient (Wildman–Crippen LogP) is 15.6. The zero-order chi connectivity index (χ0) is 47.7. The zero-order valence-electron chi connectivity index (χ0n) is 41.8. The number of hydrogen-bond donors (Lipinski definition) is 0. The van der Waals surface area contributed by atoms with E-state index in [1.165, 1.54) is 191 Å². The highest BCUT2D eigenvalue weighted by Crippen LogP contribution is 2.63. The second-order valence-corrected chi connectivity index (χ2v) is 24.4. The average molecular weight is 947 g/mol. The number of fused-ring (bicyclic) bond motifs is 15. The van der Waals surface area contributed by atoms with Crippen LogP contribution in [0.5, 0.6) is 0 Å². The fourth-order valence-electron chi connectivity index (χ4n) is 18.7. The fraction of sp³-hybridized carbons (Fsp3) is 0.239. The molecular weight excluding hydrogens is 892 g/mol. The largest absolute Gasteiger partial charge is 0.310 e. The van der Waals surface area contributed by atoms with Crippen molar-refractivity contribution in [2.24, 2.45) is 23.7 Å². The van der Waals surface area contributed by atoms with Gasteiger partial charge < -0.3 is 9.13 Å². The molecule has 2 aromatic heterocycles. The first-order valence-electron chi connectivity index (χ1n) is 28.5. The van der Waals surface area contributed by atoms with Crippen LogP contribution in [0.25, 0.3) is 88.4 Å². The van der Waals surface area contributed by atoms with Crippen LogP contribution in [0.2, 0.25) is 0 Å². The molecule has 352 valence electrons. The molecule has 9 aromatic carbocycles. The van der Waals surface area contributed by atoms with Crippen molar-refractivity contribution in [1.82, 2.24) is 9.13 Å². The van der Waals surface area contributed by atoms with Crippen LogP contribution in [-0.2, 0) is 5.41 Å². The van der Waals surface area contributed by atoms with Crippen LogP contribution in [-0.4, -0.2) is 15.8 Å². The molecule has 3 aliphatic heterocycles. The van der Waals surface area contributed by atoms with Gasteiger partial charge in [0.1, 0.15) is 0 Å². The summed E-state index contributed by atoms with van der Waals surface area (Å²) < 4.78 is 5.63. The average Bonchev–Trinajstić information content (AvgIpc) is 4.34. The van der Waals surface area contributed by atoms with E-state index in [2.05, 4.69) is 185 Å². The van der Waals surface area contributed by atoms with E-state index in [1.54, 1.807) is 11.1 Å². The third-order valence-corrected chi connectivity index (χ3v) is 21.4. The van der Waals surface area contributed by atoms with E-state index in [0.717, 1.165) is 23.7 Å². The van der Waals surface area contributed by atoms with E-state index < -0.39 is 5.41 Å². The first-order chi connectivity index (χ1) is 36.7. The monoisotopic (exact) mass is 946 g/mol. The second kappa shape index (κ2) is 14.1. The molecule has 5 heterocycles. The lowest BCUT2D eigenvalue weighted by Crippen LogP contribution is -2.60. The van der Waals surface area contributed by atoms with Crippen molar-refractivity contribution in [2.45, 2.75) is 81.5 Å². The maximum atomic E-state index is 2.88. The summed E-state index contributed by atoms with van der Waals surface area (Å²) in [6.07, 6.45) is 13.9. The van der Waals surface area contributed by atoms with Crippen LogP contribution >= 0.6 is 0 Å². The summed E-state index contributed by atoms with van der Waals surface area (Å²) in [4.78, 5) is 0. The van der Waals surface area contributed by atoms with Gasteiger partial charge in [-0.25, -0.2) is 0 Å². The van der Waals surface area contributed by atoms with Gasteiger partial charge in [0, 0.05) is 38.6 Å². The van der Waals surface area contributed by atoms with E-state index in [1.807, 2.05) is 0 Å². The van der Waals surface area contributed by atoms with E-state index in [-0.39, 0.29) is 6.71 Å². The first kappa shape index (κ1) is 40.1. The Morgan fingerprint density at radius 2 is 1.00 bits per heavy atom. The Kier molecular flexibility index (Phi) is 7.62. The fourth-order valence-corrected chi connectivity index (χ4v) is 18.7. The summed E-state index contributed by atoms with van der Waals surface area (Å²) in [6, 6.07) is 70.1. The second-order valence-electron chi connectivity index (χ2n) is 24.4. The SMILES string of the molecule is c1ccc(-c2c(-c3ccccc3)n3c4c(cc5ccccc5c24)B2c4c-3ccc3c4-n4c5c2cc(C2CC6CCCC6C2)cc5c2cc(C5CC6CCCC6C5)cc(c24)C32c3ccccc3-c3ccccc32)cc1. The van der Waals surface area contributed by atoms with Gasteiger partial charge in [-0.2, -0.15) is 0 Å². The molecule has 4 saturated carbocycles. The van der Waals surface area contributed by atoms with E-state index in [0.29, 0.717) is 11.8 Å². The van der Waals surface area contributed by atoms with Gasteiger partial charge >= 0.3 is 0 Å². The molecule has 5 aliphatic carbocycles. The maximum absolute atomic E-state index is 2.88. The summed E-state index contributed by atoms with van der Waals surface area (Å²) in [5.74, 6) is 4.69. The number of nitrogens with zero attached hydrogens (tertiary/aromatic N) is 2. The summed E-state index contributed by atoms with van der Waals surface area (Å²) in [7, 11) is 0. The minimum absolute atomic E-state index is 0.0426. The molecule has 4 unspecified atom stereocenters. The molecule has 0 bridgehead atoms. The predicted molar refractivity (Wildman–Crippen MR) is 307 cm³/mol. The Labute approximate surface area is 432 Å². The molecule has 0 radical (unpaired) electrons. The van der Waals surface area contributed by atoms with Crippen molar-refractivity contribution in [1.29, 1.82) is 0 Å². The highest BCUT2D eigenvalue weighted by atomic mass is 15.1. The van der Waals surface area contributed by atoms with Gasteiger partial charge in [0.15, 0.2) is 0 Å². The van der Waals surface area contributed by atoms with E-state index in [9.17, 15) is 0 Å². The maximum Gasteiger partial charge on any atom is 0.252 e. The van der Waals surface area contributed by atoms with E-state index >= 15 is 0 Å². The lowest BCUT2D eigenvalue weighted by Gasteiger charge is -2.44. The van der Waals surface area contributed by atoms with Gasteiger partial charge in [0.2, 0.25) is 0 Å². The molecular formula is C71H55BN2. The van der Waals surface area contributed by atoms with Crippen molar-refractivity contribution < 1.29 is 0 Å². The van der Waals surface area contributed by atoms with Crippen LogP contribution in [0.3, 0.4) is 0 Å². The van der Waals surface area contributed by atoms with Crippen molar-refractivity contribution in [3.8, 4) is 44.9 Å². The van der Waals surface area contributed by atoms with Crippen molar-refractivity contribution >= 4 is 66.6 Å². The molecule has 4 atom stereocenters. The summed E-state index contributed by atoms with van der Waals surface area (Å²) in [5.41, 5.74) is 27.9. The topological polar surface area (TPSA) is 9.86 Å². The standard InChI is InChI=1S/C71H55BN2/c1-3-15-40(16-4-1)63-64-51-24-8-7-19-46(51)38-61-70(64)73(66(63)41-17-5-2-6-18-41)62-30-29-58-69-65(62)72(61)60-39-50(48-33-44-22-14-23-45(44)34-48)36-55-54-35-49(47-31-42-20-13-21-43(42)32-47)37-59(67(54)74(69)68(55)60)71(58)56-27-11-9-25-52(56)53-26-10-12-28-57(53)71/h1-12,15-19,24-30,35-39,42-45,47-48H,13-14,20-23,31-34H2. The molecule has 0 saturated heterocycles. The Morgan fingerprint density at radius 3 is 1.68 bits per heavy atom. The lowest BCUT2D eigenvalue weighted by atomic mass is 9.33.